The molecule has 2 rings (SSSR count). The van der Waals surface area contributed by atoms with Crippen LogP contribution in [0.3, 0.4) is 0 Å². The second-order valence-corrected chi connectivity index (χ2v) is 6.11. The van der Waals surface area contributed by atoms with Gasteiger partial charge in [0, 0.05) is 37.0 Å². The summed E-state index contributed by atoms with van der Waals surface area (Å²) < 4.78 is 13.3. The van der Waals surface area contributed by atoms with E-state index >= 15 is 0 Å². The van der Waals surface area contributed by atoms with Crippen molar-refractivity contribution >= 4 is 28.7 Å². The summed E-state index contributed by atoms with van der Waals surface area (Å²) in [7, 11) is 0. The molecule has 3 N–H and O–H groups in total. The molecule has 1 atom stereocenters. The van der Waals surface area contributed by atoms with Crippen LogP contribution in [0.1, 0.15) is 25.8 Å². The zero-order valence-corrected chi connectivity index (χ0v) is 14.7. The average molecular weight is 363 g/mol. The van der Waals surface area contributed by atoms with E-state index in [1.807, 2.05) is 6.92 Å². The summed E-state index contributed by atoms with van der Waals surface area (Å²) in [6.45, 7) is 2.98. The van der Waals surface area contributed by atoms with Gasteiger partial charge in [0.05, 0.1) is 0 Å². The lowest BCUT2D eigenvalue weighted by molar-refractivity contribution is -0.145. The van der Waals surface area contributed by atoms with E-state index in [0.29, 0.717) is 11.9 Å². The fraction of sp³-hybridized carbons (Fsp3) is 0.389. The third-order valence-electron chi connectivity index (χ3n) is 3.96. The smallest absolute Gasteiger partial charge is 0.323 e. The van der Waals surface area contributed by atoms with Gasteiger partial charge in [-0.15, -0.1) is 0 Å². The van der Waals surface area contributed by atoms with Crippen LogP contribution in [0, 0.1) is 5.82 Å². The van der Waals surface area contributed by atoms with E-state index < -0.39 is 24.5 Å². The van der Waals surface area contributed by atoms with Gasteiger partial charge in [-0.1, -0.05) is 6.92 Å². The van der Waals surface area contributed by atoms with Gasteiger partial charge < -0.3 is 20.3 Å². The van der Waals surface area contributed by atoms with Crippen LogP contribution in [0.15, 0.2) is 24.4 Å². The van der Waals surface area contributed by atoms with E-state index in [1.54, 1.807) is 12.3 Å². The molecule has 0 aliphatic carbocycles. The van der Waals surface area contributed by atoms with E-state index in [4.69, 9.17) is 5.11 Å². The van der Waals surface area contributed by atoms with E-state index in [-0.39, 0.29) is 24.7 Å². The predicted octanol–water partition coefficient (Wildman–Crippen LogP) is 1.68. The number of nitrogens with one attached hydrogen (secondary N) is 2. The van der Waals surface area contributed by atoms with Gasteiger partial charge in [0.1, 0.15) is 18.4 Å². The van der Waals surface area contributed by atoms with Crippen LogP contribution in [0.2, 0.25) is 0 Å². The van der Waals surface area contributed by atoms with Crippen LogP contribution in [0.5, 0.6) is 0 Å². The van der Waals surface area contributed by atoms with Crippen LogP contribution in [0.4, 0.5) is 4.39 Å². The molecule has 0 bridgehead atoms. The lowest BCUT2D eigenvalue weighted by atomic mass is 10.0. The number of fused-ring (bicyclic) bond motifs is 1. The molecule has 26 heavy (non-hydrogen) atoms. The van der Waals surface area contributed by atoms with Crippen molar-refractivity contribution in [2.24, 2.45) is 0 Å². The number of amides is 2. The Morgan fingerprint density at radius 1 is 1.35 bits per heavy atom. The number of aromatic nitrogens is 1. The SMILES string of the molecule is CCCN(CC(=O)O)C(=O)C(Cc1c[nH]c2cc(F)ccc12)NC(C)=O. The first-order valence-electron chi connectivity index (χ1n) is 8.35. The van der Waals surface area contributed by atoms with E-state index in [2.05, 4.69) is 10.3 Å². The molecule has 1 unspecified atom stereocenters. The molecule has 0 saturated heterocycles. The first-order chi connectivity index (χ1) is 12.3. The Morgan fingerprint density at radius 2 is 2.08 bits per heavy atom. The summed E-state index contributed by atoms with van der Waals surface area (Å²) in [5.41, 5.74) is 1.32. The number of hydrogen-bond donors (Lipinski definition) is 3. The number of aliphatic carboxylic acids is 1. The molecule has 1 aromatic heterocycles. The van der Waals surface area contributed by atoms with Crippen molar-refractivity contribution in [3.63, 3.8) is 0 Å². The van der Waals surface area contributed by atoms with Crippen molar-refractivity contribution in [3.05, 3.63) is 35.8 Å². The predicted molar refractivity (Wildman–Crippen MR) is 94.1 cm³/mol. The normalized spacial score (nSPS) is 12.0. The molecule has 2 amide bonds. The van der Waals surface area contributed by atoms with Gasteiger partial charge in [0.25, 0.3) is 0 Å². The molecule has 0 spiro atoms. The van der Waals surface area contributed by atoms with Crippen LogP contribution in [-0.2, 0) is 20.8 Å². The van der Waals surface area contributed by atoms with Crippen molar-refractivity contribution < 1.29 is 23.9 Å². The van der Waals surface area contributed by atoms with E-state index in [0.717, 1.165) is 10.9 Å². The number of halogens is 1. The lowest BCUT2D eigenvalue weighted by Gasteiger charge is -2.26. The molecule has 0 radical (unpaired) electrons. The Kier molecular flexibility index (Phi) is 6.32. The van der Waals surface area contributed by atoms with Crippen LogP contribution >= 0.6 is 0 Å². The number of carbonyl (C=O) groups is 3. The molecule has 7 nitrogen and oxygen atoms in total. The molecule has 0 fully saturated rings. The quantitative estimate of drug-likeness (QED) is 0.664. The van der Waals surface area contributed by atoms with Crippen LogP contribution < -0.4 is 5.32 Å². The molecule has 1 heterocycles. The monoisotopic (exact) mass is 363 g/mol. The van der Waals surface area contributed by atoms with Gasteiger partial charge in [0.15, 0.2) is 0 Å². The highest BCUT2D eigenvalue weighted by atomic mass is 19.1. The Balaban J connectivity index is 2.28. The summed E-state index contributed by atoms with van der Waals surface area (Å²) in [5, 5.41) is 12.4. The van der Waals surface area contributed by atoms with Crippen molar-refractivity contribution in [2.45, 2.75) is 32.7 Å². The maximum atomic E-state index is 13.3. The van der Waals surface area contributed by atoms with Crippen molar-refractivity contribution in [1.29, 1.82) is 0 Å². The molecule has 140 valence electrons. The number of carbonyl (C=O) groups excluding carboxylic acids is 2. The van der Waals surface area contributed by atoms with Crippen molar-refractivity contribution in [3.8, 4) is 0 Å². The van der Waals surface area contributed by atoms with Gasteiger partial charge in [-0.3, -0.25) is 14.4 Å². The van der Waals surface area contributed by atoms with Crippen molar-refractivity contribution in [2.75, 3.05) is 13.1 Å². The maximum Gasteiger partial charge on any atom is 0.323 e. The van der Waals surface area contributed by atoms with Gasteiger partial charge in [0.2, 0.25) is 11.8 Å². The molecule has 0 aliphatic heterocycles. The minimum Gasteiger partial charge on any atom is -0.480 e. The standard InChI is InChI=1S/C18H22FN3O4/c1-3-6-22(10-17(24)25)18(26)16(21-11(2)23)7-12-9-20-15-8-13(19)4-5-14(12)15/h4-5,8-9,16,20H,3,6-7,10H2,1-2H3,(H,21,23)(H,24,25). The Hall–Kier alpha value is -2.90. The minimum absolute atomic E-state index is 0.171. The van der Waals surface area contributed by atoms with Gasteiger partial charge in [-0.2, -0.15) is 0 Å². The molecular weight excluding hydrogens is 341 g/mol. The fourth-order valence-electron chi connectivity index (χ4n) is 2.91. The first kappa shape index (κ1) is 19.4. The molecular formula is C18H22FN3O4. The number of nitrogens with zero attached hydrogens (tertiary/aromatic N) is 1. The van der Waals surface area contributed by atoms with E-state index in [9.17, 15) is 18.8 Å². The highest BCUT2D eigenvalue weighted by Crippen LogP contribution is 2.21. The summed E-state index contributed by atoms with van der Waals surface area (Å²) in [6, 6.07) is 3.37. The minimum atomic E-state index is -1.11. The van der Waals surface area contributed by atoms with Gasteiger partial charge >= 0.3 is 5.97 Å². The molecule has 2 aromatic rings. The second kappa shape index (κ2) is 8.46. The number of aromatic amines is 1. The Labute approximate surface area is 150 Å². The molecule has 0 aliphatic rings. The maximum absolute atomic E-state index is 13.3. The number of carboxylic acid groups (broad SMARTS) is 1. The van der Waals surface area contributed by atoms with Gasteiger partial charge in [-0.25, -0.2) is 4.39 Å². The highest BCUT2D eigenvalue weighted by Gasteiger charge is 2.27. The summed E-state index contributed by atoms with van der Waals surface area (Å²) in [4.78, 5) is 39.5. The third-order valence-corrected chi connectivity index (χ3v) is 3.96. The zero-order valence-electron chi connectivity index (χ0n) is 14.7. The number of benzene rings is 1. The number of hydrogen-bond acceptors (Lipinski definition) is 3. The van der Waals surface area contributed by atoms with Crippen molar-refractivity contribution in [1.82, 2.24) is 15.2 Å². The number of carboxylic acids is 1. The topological polar surface area (TPSA) is 102 Å². The third kappa shape index (κ3) is 4.81. The summed E-state index contributed by atoms with van der Waals surface area (Å²) in [5.74, 6) is -2.34. The van der Waals surface area contributed by atoms with Gasteiger partial charge in [-0.05, 0) is 30.2 Å². The highest BCUT2D eigenvalue weighted by molar-refractivity contribution is 5.90. The number of H-pyrrole nitrogens is 1. The largest absolute Gasteiger partial charge is 0.480 e. The average Bonchev–Trinajstić information content (AvgIpc) is 2.94. The van der Waals surface area contributed by atoms with Crippen LogP contribution in [-0.4, -0.2) is 51.9 Å². The fourth-order valence-corrected chi connectivity index (χ4v) is 2.91. The molecule has 1 aromatic carbocycles. The zero-order chi connectivity index (χ0) is 19.3. The summed E-state index contributed by atoms with van der Waals surface area (Å²) in [6.07, 6.45) is 2.43. The summed E-state index contributed by atoms with van der Waals surface area (Å²) >= 11 is 0. The van der Waals surface area contributed by atoms with E-state index in [1.165, 1.54) is 24.0 Å². The first-order valence-corrected chi connectivity index (χ1v) is 8.35. The molecule has 8 heteroatoms. The number of rotatable bonds is 8. The molecule has 0 saturated carbocycles. The van der Waals surface area contributed by atoms with Crippen LogP contribution in [0.25, 0.3) is 10.9 Å². The Bertz CT molecular complexity index is 818. The lowest BCUT2D eigenvalue weighted by Crippen LogP contribution is -2.50. The Morgan fingerprint density at radius 3 is 2.69 bits per heavy atom. The second-order valence-electron chi connectivity index (χ2n) is 6.11.